The zero-order chi connectivity index (χ0) is 20.8. The molecule has 0 unspecified atom stereocenters. The van der Waals surface area contributed by atoms with Crippen LogP contribution in [0.1, 0.15) is 63.9 Å². The molecule has 2 aromatic rings. The molecule has 0 spiro atoms. The first-order valence-electron chi connectivity index (χ1n) is 11.9. The number of halogens is 1. The van der Waals surface area contributed by atoms with Gasteiger partial charge in [-0.15, -0.1) is 0 Å². The van der Waals surface area contributed by atoms with Crippen molar-refractivity contribution >= 4 is 16.7 Å². The maximum atomic E-state index is 12.7. The van der Waals surface area contributed by atoms with Crippen LogP contribution in [0.25, 0.3) is 10.8 Å². The molecule has 1 fully saturated rings. The highest BCUT2D eigenvalue weighted by atomic mass is 127. The van der Waals surface area contributed by atoms with Gasteiger partial charge >= 0.3 is 0 Å². The third-order valence-electron chi connectivity index (χ3n) is 7.33. The molecule has 0 atom stereocenters. The summed E-state index contributed by atoms with van der Waals surface area (Å²) < 4.78 is 6.51. The Bertz CT molecular complexity index is 880. The molecule has 0 saturated carbocycles. The lowest BCUT2D eigenvalue weighted by molar-refractivity contribution is -0.927. The Hall–Kier alpha value is -1.34. The summed E-state index contributed by atoms with van der Waals surface area (Å²) in [7, 11) is 0. The number of likely N-dealkylation sites (N-methyl/N-ethyl adjacent to an activating group) is 1. The fourth-order valence-corrected chi connectivity index (χ4v) is 5.34. The fraction of sp³-hybridized carbons (Fsp3) is 0.577. The zero-order valence-corrected chi connectivity index (χ0v) is 21.0. The van der Waals surface area contributed by atoms with Crippen molar-refractivity contribution in [2.24, 2.45) is 0 Å². The monoisotopic (exact) mass is 536 g/mol. The number of furan rings is 1. The minimum atomic E-state index is 0. The van der Waals surface area contributed by atoms with E-state index in [-0.39, 0.29) is 29.9 Å². The summed E-state index contributed by atoms with van der Waals surface area (Å²) >= 11 is 0. The second-order valence-corrected chi connectivity index (χ2v) is 9.39. The van der Waals surface area contributed by atoms with E-state index in [1.807, 2.05) is 18.2 Å². The number of carbonyl (C=O) groups is 1. The Morgan fingerprint density at radius 1 is 1.13 bits per heavy atom. The molecule has 5 heteroatoms. The molecule has 170 valence electrons. The van der Waals surface area contributed by atoms with E-state index in [1.165, 1.54) is 69.2 Å². The van der Waals surface area contributed by atoms with Crippen LogP contribution in [-0.2, 0) is 11.2 Å². The van der Waals surface area contributed by atoms with E-state index in [4.69, 9.17) is 4.42 Å². The molecular formula is C26H37IN2O2. The second-order valence-electron chi connectivity index (χ2n) is 9.39. The van der Waals surface area contributed by atoms with Gasteiger partial charge in [-0.2, -0.15) is 0 Å². The molecule has 1 aliphatic heterocycles. The van der Waals surface area contributed by atoms with Gasteiger partial charge < -0.3 is 38.2 Å². The highest BCUT2D eigenvalue weighted by Gasteiger charge is 2.33. The summed E-state index contributed by atoms with van der Waals surface area (Å²) in [6.07, 6.45) is 16.7. The van der Waals surface area contributed by atoms with E-state index in [0.29, 0.717) is 12.5 Å². The lowest BCUT2D eigenvalue weighted by Gasteiger charge is -2.44. The number of allylic oxidation sites excluding steroid dienone is 1. The maximum Gasteiger partial charge on any atom is 0.224 e. The minimum Gasteiger partial charge on any atom is -1.00 e. The normalized spacial score (nSPS) is 26.2. The average Bonchev–Trinajstić information content (AvgIpc) is 3.21. The predicted octanol–water partition coefficient (Wildman–Crippen LogP) is 2.38. The quantitative estimate of drug-likeness (QED) is 0.350. The molecule has 1 aromatic carbocycles. The van der Waals surface area contributed by atoms with Crippen molar-refractivity contribution in [2.45, 2.75) is 70.8 Å². The number of piperidine rings is 1. The summed E-state index contributed by atoms with van der Waals surface area (Å²) in [4.78, 5) is 12.7. The van der Waals surface area contributed by atoms with Crippen molar-refractivity contribution < 1.29 is 37.7 Å². The van der Waals surface area contributed by atoms with Gasteiger partial charge in [0.2, 0.25) is 5.91 Å². The minimum absolute atomic E-state index is 0. The molecule has 0 bridgehead atoms. The Labute approximate surface area is 204 Å². The summed E-state index contributed by atoms with van der Waals surface area (Å²) in [5.74, 6) is 0.132. The number of quaternary nitrogens is 1. The largest absolute Gasteiger partial charge is 1.00 e. The number of hydrogen-bond acceptors (Lipinski definition) is 2. The van der Waals surface area contributed by atoms with Gasteiger partial charge in [0, 0.05) is 29.7 Å². The van der Waals surface area contributed by atoms with Crippen LogP contribution in [0.3, 0.4) is 0 Å². The number of carbonyl (C=O) groups excluding carboxylic acids is 1. The predicted molar refractivity (Wildman–Crippen MR) is 122 cm³/mol. The number of nitrogens with zero attached hydrogens (tertiary/aromatic N) is 1. The van der Waals surface area contributed by atoms with Crippen LogP contribution in [0, 0.1) is 0 Å². The number of likely N-dealkylation sites (tertiary alicyclic amines) is 1. The molecule has 1 saturated heterocycles. The number of amides is 1. The molecule has 0 radical (unpaired) electrons. The van der Waals surface area contributed by atoms with Crippen molar-refractivity contribution in [3.05, 3.63) is 47.9 Å². The average molecular weight is 536 g/mol. The molecule has 2 aliphatic rings. The lowest BCUT2D eigenvalue weighted by Crippen LogP contribution is -3.00. The van der Waals surface area contributed by atoms with Gasteiger partial charge in [-0.05, 0) is 43.7 Å². The van der Waals surface area contributed by atoms with Gasteiger partial charge in [0.25, 0.3) is 0 Å². The summed E-state index contributed by atoms with van der Waals surface area (Å²) in [6.45, 7) is 7.11. The molecule has 1 amide bonds. The van der Waals surface area contributed by atoms with Crippen LogP contribution in [0.5, 0.6) is 0 Å². The number of hydrogen-bond donors (Lipinski definition) is 1. The first-order valence-corrected chi connectivity index (χ1v) is 11.9. The third kappa shape index (κ3) is 6.35. The van der Waals surface area contributed by atoms with Crippen molar-refractivity contribution in [1.82, 2.24) is 5.32 Å². The van der Waals surface area contributed by atoms with Crippen molar-refractivity contribution in [3.63, 3.8) is 0 Å². The second kappa shape index (κ2) is 11.5. The molecule has 1 N–H and O–H groups in total. The van der Waals surface area contributed by atoms with Crippen LogP contribution in [0.4, 0.5) is 0 Å². The molecule has 1 aromatic heterocycles. The first kappa shape index (κ1) is 24.3. The van der Waals surface area contributed by atoms with E-state index >= 15 is 0 Å². The van der Waals surface area contributed by atoms with Crippen molar-refractivity contribution in [1.29, 1.82) is 0 Å². The van der Waals surface area contributed by atoms with E-state index in [1.54, 1.807) is 18.1 Å². The van der Waals surface area contributed by atoms with Gasteiger partial charge in [0.15, 0.2) is 0 Å². The molecular weight excluding hydrogens is 499 g/mol. The number of rotatable bonds is 6. The zero-order valence-electron chi connectivity index (χ0n) is 18.9. The molecule has 31 heavy (non-hydrogen) atoms. The van der Waals surface area contributed by atoms with E-state index < -0.39 is 0 Å². The van der Waals surface area contributed by atoms with E-state index in [0.717, 1.165) is 29.2 Å². The topological polar surface area (TPSA) is 42.2 Å². The Morgan fingerprint density at radius 2 is 1.94 bits per heavy atom. The van der Waals surface area contributed by atoms with Gasteiger partial charge in [-0.25, -0.2) is 0 Å². The van der Waals surface area contributed by atoms with Gasteiger partial charge in [0.05, 0.1) is 38.6 Å². The molecule has 4 nitrogen and oxygen atoms in total. The Balaban J connectivity index is 0.00000272. The highest BCUT2D eigenvalue weighted by Crippen LogP contribution is 2.26. The van der Waals surface area contributed by atoms with Crippen molar-refractivity contribution in [2.75, 3.05) is 26.2 Å². The Kier molecular flexibility index (Phi) is 9.02. The highest BCUT2D eigenvalue weighted by molar-refractivity contribution is 5.89. The van der Waals surface area contributed by atoms with Gasteiger partial charge in [-0.3, -0.25) is 4.79 Å². The van der Waals surface area contributed by atoms with Crippen molar-refractivity contribution in [3.8, 4) is 0 Å². The number of benzene rings is 1. The van der Waals surface area contributed by atoms with Crippen LogP contribution in [-0.4, -0.2) is 42.6 Å². The van der Waals surface area contributed by atoms with Gasteiger partial charge in [0.1, 0.15) is 6.54 Å². The number of fused-ring (bicyclic) bond motifs is 1. The SMILES string of the molecule is CC[N+]1(C/C2=C/CCCCCC2)CCC(NC(=O)Cc2cccc3cocc23)CC1.[I-]. The van der Waals surface area contributed by atoms with E-state index in [9.17, 15) is 4.79 Å². The number of nitrogens with one attached hydrogen (secondary N) is 1. The van der Waals surface area contributed by atoms with Crippen LogP contribution in [0.2, 0.25) is 0 Å². The third-order valence-corrected chi connectivity index (χ3v) is 7.33. The smallest absolute Gasteiger partial charge is 0.224 e. The van der Waals surface area contributed by atoms with Crippen LogP contribution < -0.4 is 29.3 Å². The lowest BCUT2D eigenvalue weighted by atomic mass is 9.96. The Morgan fingerprint density at radius 3 is 2.74 bits per heavy atom. The van der Waals surface area contributed by atoms with Crippen LogP contribution in [0.15, 0.2) is 46.8 Å². The van der Waals surface area contributed by atoms with E-state index in [2.05, 4.69) is 18.3 Å². The molecule has 2 heterocycles. The summed E-state index contributed by atoms with van der Waals surface area (Å²) in [6, 6.07) is 6.36. The first-order chi connectivity index (χ1) is 14.7. The molecule has 4 rings (SSSR count). The standard InChI is InChI=1S/C26H36N2O2.HI/c1-2-28(18-21-9-6-4-3-5-7-10-21)15-13-24(14-16-28)27-26(29)17-22-11-8-12-23-19-30-20-25(22)23;/h8-9,11-12,19-20,24H,2-7,10,13-18H2,1H3;1H/b21-9+;. The maximum absolute atomic E-state index is 12.7. The molecule has 1 aliphatic carbocycles. The summed E-state index contributed by atoms with van der Waals surface area (Å²) in [5.41, 5.74) is 2.73. The van der Waals surface area contributed by atoms with Crippen LogP contribution >= 0.6 is 0 Å². The fourth-order valence-electron chi connectivity index (χ4n) is 5.34. The van der Waals surface area contributed by atoms with Gasteiger partial charge in [-0.1, -0.05) is 37.1 Å². The summed E-state index contributed by atoms with van der Waals surface area (Å²) in [5, 5.41) is 5.42.